The van der Waals surface area contributed by atoms with Crippen LogP contribution in [0, 0.1) is 0 Å². The average Bonchev–Trinajstić information content (AvgIpc) is 3.44. The van der Waals surface area contributed by atoms with Crippen molar-refractivity contribution in [3.05, 3.63) is 78.6 Å². The number of amides is 1. The number of pyridine rings is 1. The number of halogens is 5. The average molecular weight is 546 g/mol. The third kappa shape index (κ3) is 6.57. The van der Waals surface area contributed by atoms with E-state index in [-0.39, 0.29) is 24.9 Å². The summed E-state index contributed by atoms with van der Waals surface area (Å²) in [4.78, 5) is 28.4. The molecule has 204 valence electrons. The van der Waals surface area contributed by atoms with E-state index in [2.05, 4.69) is 15.2 Å². The van der Waals surface area contributed by atoms with Gasteiger partial charge in [0.15, 0.2) is 6.10 Å². The molecule has 3 heterocycles. The zero-order valence-electron chi connectivity index (χ0n) is 20.6. The molecular formula is C27H23F5N4O3. The molecule has 1 N–H and O–H groups in total. The van der Waals surface area contributed by atoms with Crippen LogP contribution in [0.4, 0.5) is 22.0 Å². The number of H-pyrrole nitrogens is 1. The molecule has 39 heavy (non-hydrogen) atoms. The van der Waals surface area contributed by atoms with Crippen molar-refractivity contribution in [2.24, 2.45) is 0 Å². The summed E-state index contributed by atoms with van der Waals surface area (Å²) in [5, 5.41) is 7.56. The van der Waals surface area contributed by atoms with Gasteiger partial charge in [0.1, 0.15) is 0 Å². The van der Waals surface area contributed by atoms with Crippen molar-refractivity contribution in [3.8, 4) is 17.0 Å². The van der Waals surface area contributed by atoms with Crippen molar-refractivity contribution in [1.29, 1.82) is 0 Å². The van der Waals surface area contributed by atoms with E-state index in [1.165, 1.54) is 4.90 Å². The Morgan fingerprint density at radius 2 is 1.74 bits per heavy atom. The third-order valence-corrected chi connectivity index (χ3v) is 6.06. The first-order valence-corrected chi connectivity index (χ1v) is 11.8. The number of alkyl halides is 5. The Bertz CT molecular complexity index is 1460. The van der Waals surface area contributed by atoms with Gasteiger partial charge in [-0.05, 0) is 23.8 Å². The number of ketones is 1. The Kier molecular flexibility index (Phi) is 7.93. The number of piperidine rings is 1. The molecule has 5 rings (SSSR count). The summed E-state index contributed by atoms with van der Waals surface area (Å²) in [6.07, 6.45) is -3.30. The summed E-state index contributed by atoms with van der Waals surface area (Å²) in [5.41, 5.74) is 2.54. The SMILES string of the molecule is CC(=O)C(F)(F)F.O=C(c1ccccc1-c1cn[nH]c1)N1CCC(F)(F)C(Oc2ccc3ccccc3n2)C1. The number of hydrogen-bond donors (Lipinski definition) is 1. The van der Waals surface area contributed by atoms with E-state index in [1.54, 1.807) is 42.7 Å². The highest BCUT2D eigenvalue weighted by Gasteiger charge is 2.47. The van der Waals surface area contributed by atoms with Crippen molar-refractivity contribution in [2.75, 3.05) is 13.1 Å². The molecule has 0 bridgehead atoms. The summed E-state index contributed by atoms with van der Waals surface area (Å²) in [7, 11) is 0. The molecule has 2 aromatic carbocycles. The molecule has 1 atom stereocenters. The standard InChI is InChI=1S/C24H20F2N4O2.C3H3F3O/c25-24(26)11-12-30(23(31)19-7-3-2-6-18(19)17-13-27-28-14-17)15-21(24)32-22-10-9-16-5-1-4-8-20(16)29-22;1-2(7)3(4,5)6/h1-10,13-14,21H,11-12,15H2,(H,27,28);1H3. The molecule has 0 saturated carbocycles. The van der Waals surface area contributed by atoms with Crippen molar-refractivity contribution in [1.82, 2.24) is 20.1 Å². The quantitative estimate of drug-likeness (QED) is 0.332. The molecule has 0 radical (unpaired) electrons. The number of rotatable bonds is 4. The van der Waals surface area contributed by atoms with Gasteiger partial charge in [0.25, 0.3) is 11.8 Å². The number of hydrogen-bond acceptors (Lipinski definition) is 5. The molecule has 1 aliphatic rings. The van der Waals surface area contributed by atoms with Crippen molar-refractivity contribution >= 4 is 22.6 Å². The highest BCUT2D eigenvalue weighted by molar-refractivity contribution is 6.00. The Morgan fingerprint density at radius 1 is 1.05 bits per heavy atom. The van der Waals surface area contributed by atoms with E-state index < -0.39 is 30.4 Å². The van der Waals surface area contributed by atoms with Crippen LogP contribution in [-0.4, -0.2) is 63.1 Å². The maximum atomic E-state index is 14.7. The molecule has 4 aromatic rings. The summed E-state index contributed by atoms with van der Waals surface area (Å²) in [6, 6.07) is 17.8. The van der Waals surface area contributed by atoms with Gasteiger partial charge in [0, 0.05) is 48.7 Å². The molecule has 12 heteroatoms. The Labute approximate surface area is 219 Å². The van der Waals surface area contributed by atoms with Gasteiger partial charge in [0.2, 0.25) is 11.7 Å². The normalized spacial score (nSPS) is 16.8. The van der Waals surface area contributed by atoms with Crippen LogP contribution in [0.2, 0.25) is 0 Å². The number of aromatic amines is 1. The van der Waals surface area contributed by atoms with Gasteiger partial charge in [-0.25, -0.2) is 13.8 Å². The molecule has 1 unspecified atom stereocenters. The minimum atomic E-state index is -4.64. The minimum Gasteiger partial charge on any atom is -0.466 e. The van der Waals surface area contributed by atoms with Crippen LogP contribution >= 0.6 is 0 Å². The molecular weight excluding hydrogens is 523 g/mol. The fraction of sp³-hybridized carbons (Fsp3) is 0.259. The van der Waals surface area contributed by atoms with Crippen LogP contribution in [0.5, 0.6) is 5.88 Å². The number of ether oxygens (including phenoxy) is 1. The number of Topliss-reactive ketones (excluding diaryl/α,β-unsaturated/α-hetero) is 1. The number of carbonyl (C=O) groups excluding carboxylic acids is 2. The summed E-state index contributed by atoms with van der Waals surface area (Å²) in [5.74, 6) is -5.04. The first-order valence-electron chi connectivity index (χ1n) is 11.8. The topological polar surface area (TPSA) is 88.2 Å². The predicted octanol–water partition coefficient (Wildman–Crippen LogP) is 5.69. The lowest BCUT2D eigenvalue weighted by Crippen LogP contribution is -2.55. The van der Waals surface area contributed by atoms with E-state index in [1.807, 2.05) is 30.3 Å². The molecule has 1 amide bonds. The maximum Gasteiger partial charge on any atom is 0.449 e. The second-order valence-corrected chi connectivity index (χ2v) is 8.80. The van der Waals surface area contributed by atoms with Gasteiger partial charge in [-0.2, -0.15) is 18.3 Å². The molecule has 2 aromatic heterocycles. The van der Waals surface area contributed by atoms with Crippen molar-refractivity contribution in [2.45, 2.75) is 31.5 Å². The molecule has 0 aliphatic carbocycles. The van der Waals surface area contributed by atoms with Gasteiger partial charge in [-0.15, -0.1) is 0 Å². The largest absolute Gasteiger partial charge is 0.466 e. The number of nitrogens with one attached hydrogen (secondary N) is 1. The van der Waals surface area contributed by atoms with Crippen LogP contribution in [0.3, 0.4) is 0 Å². The molecule has 7 nitrogen and oxygen atoms in total. The summed E-state index contributed by atoms with van der Waals surface area (Å²) < 4.78 is 67.5. The number of likely N-dealkylation sites (tertiary alicyclic amines) is 1. The Balaban J connectivity index is 0.000000448. The Hall–Kier alpha value is -4.35. The number of aromatic nitrogens is 3. The van der Waals surface area contributed by atoms with Crippen LogP contribution in [0.15, 0.2) is 73.1 Å². The number of nitrogens with zero attached hydrogens (tertiary/aromatic N) is 3. The van der Waals surface area contributed by atoms with Gasteiger partial charge in [-0.3, -0.25) is 14.7 Å². The highest BCUT2D eigenvalue weighted by Crippen LogP contribution is 2.33. The van der Waals surface area contributed by atoms with E-state index in [0.29, 0.717) is 23.6 Å². The van der Waals surface area contributed by atoms with Crippen LogP contribution in [0.25, 0.3) is 22.0 Å². The van der Waals surface area contributed by atoms with Crippen molar-refractivity contribution in [3.63, 3.8) is 0 Å². The lowest BCUT2D eigenvalue weighted by molar-refractivity contribution is -0.168. The second-order valence-electron chi connectivity index (χ2n) is 8.80. The third-order valence-electron chi connectivity index (χ3n) is 6.06. The second kappa shape index (κ2) is 11.2. The van der Waals surface area contributed by atoms with E-state index in [4.69, 9.17) is 4.74 Å². The first-order chi connectivity index (χ1) is 18.5. The molecule has 1 fully saturated rings. The first kappa shape index (κ1) is 27.7. The fourth-order valence-corrected chi connectivity index (χ4v) is 3.93. The van der Waals surface area contributed by atoms with Crippen molar-refractivity contribution < 1.29 is 36.3 Å². The maximum absolute atomic E-state index is 14.7. The number of fused-ring (bicyclic) bond motifs is 1. The lowest BCUT2D eigenvalue weighted by Gasteiger charge is -2.38. The monoisotopic (exact) mass is 546 g/mol. The number of carbonyl (C=O) groups is 2. The smallest absolute Gasteiger partial charge is 0.449 e. The zero-order chi connectivity index (χ0) is 28.2. The summed E-state index contributed by atoms with van der Waals surface area (Å²) in [6.45, 7) is 0.191. The van der Waals surface area contributed by atoms with Crippen LogP contribution in [-0.2, 0) is 4.79 Å². The lowest BCUT2D eigenvalue weighted by atomic mass is 9.98. The van der Waals surface area contributed by atoms with Crippen LogP contribution in [0.1, 0.15) is 23.7 Å². The van der Waals surface area contributed by atoms with Gasteiger partial charge in [-0.1, -0.05) is 36.4 Å². The Morgan fingerprint density at radius 3 is 2.44 bits per heavy atom. The highest BCUT2D eigenvalue weighted by atomic mass is 19.4. The van der Waals surface area contributed by atoms with Gasteiger partial charge >= 0.3 is 6.18 Å². The zero-order valence-corrected chi connectivity index (χ0v) is 20.6. The van der Waals surface area contributed by atoms with Crippen LogP contribution < -0.4 is 4.74 Å². The fourth-order valence-electron chi connectivity index (χ4n) is 3.93. The van der Waals surface area contributed by atoms with E-state index >= 15 is 0 Å². The number of para-hydroxylation sites is 1. The van der Waals surface area contributed by atoms with Gasteiger partial charge < -0.3 is 9.64 Å². The molecule has 1 aliphatic heterocycles. The molecule has 1 saturated heterocycles. The van der Waals surface area contributed by atoms with E-state index in [9.17, 15) is 31.5 Å². The minimum absolute atomic E-state index is 0.0590. The molecule has 0 spiro atoms. The van der Waals surface area contributed by atoms with Gasteiger partial charge in [0.05, 0.1) is 18.3 Å². The van der Waals surface area contributed by atoms with E-state index in [0.717, 1.165) is 10.9 Å². The predicted molar refractivity (Wildman–Crippen MR) is 132 cm³/mol. The number of benzene rings is 2. The summed E-state index contributed by atoms with van der Waals surface area (Å²) >= 11 is 0.